The van der Waals surface area contributed by atoms with Crippen LogP contribution in [0.3, 0.4) is 0 Å². The number of nitrogens with one attached hydrogen (secondary N) is 1. The zero-order valence-corrected chi connectivity index (χ0v) is 12.5. The first-order chi connectivity index (χ1) is 9.76. The highest BCUT2D eigenvalue weighted by Gasteiger charge is 2.21. The maximum atomic E-state index is 5.88. The first-order valence-corrected chi connectivity index (χ1v) is 8.34. The lowest BCUT2D eigenvalue weighted by Gasteiger charge is -2.28. The third kappa shape index (κ3) is 2.82. The number of thioether (sulfide) groups is 1. The number of anilines is 2. The zero-order valence-electron chi connectivity index (χ0n) is 11.7. The number of aromatic nitrogens is 2. The van der Waals surface area contributed by atoms with Gasteiger partial charge in [-0.05, 0) is 50.1 Å². The van der Waals surface area contributed by atoms with Crippen LogP contribution in [-0.4, -0.2) is 27.5 Å². The van der Waals surface area contributed by atoms with Gasteiger partial charge in [0.15, 0.2) is 0 Å². The lowest BCUT2D eigenvalue weighted by Crippen LogP contribution is -2.27. The van der Waals surface area contributed by atoms with Crippen molar-refractivity contribution in [1.29, 1.82) is 0 Å². The lowest BCUT2D eigenvalue weighted by molar-refractivity contribution is 0.472. The van der Waals surface area contributed by atoms with E-state index >= 15 is 0 Å². The molecule has 20 heavy (non-hydrogen) atoms. The van der Waals surface area contributed by atoms with Crippen LogP contribution in [0.15, 0.2) is 24.5 Å². The summed E-state index contributed by atoms with van der Waals surface area (Å²) in [6.45, 7) is 0. The predicted molar refractivity (Wildman–Crippen MR) is 87.1 cm³/mol. The maximum Gasteiger partial charge on any atom is 0.137 e. The van der Waals surface area contributed by atoms with Crippen molar-refractivity contribution in [3.8, 4) is 0 Å². The largest absolute Gasteiger partial charge is 0.399 e. The van der Waals surface area contributed by atoms with Gasteiger partial charge in [0.25, 0.3) is 0 Å². The molecule has 1 heterocycles. The van der Waals surface area contributed by atoms with E-state index in [-0.39, 0.29) is 0 Å². The Morgan fingerprint density at radius 1 is 1.20 bits per heavy atom. The summed E-state index contributed by atoms with van der Waals surface area (Å²) in [6, 6.07) is 6.29. The molecule has 4 nitrogen and oxygen atoms in total. The van der Waals surface area contributed by atoms with Crippen molar-refractivity contribution in [2.45, 2.75) is 37.0 Å². The number of fused-ring (bicyclic) bond motifs is 1. The summed E-state index contributed by atoms with van der Waals surface area (Å²) in [5.41, 5.74) is 7.57. The van der Waals surface area contributed by atoms with E-state index in [1.165, 1.54) is 25.7 Å². The standard InChI is InChI=1S/C15H20N4S/c1-20-12-5-3-11(4-6-12)19-15-13-8-10(16)2-7-14(13)17-9-18-15/h2,7-9,11-12H,3-6,16H2,1H3,(H,17,18,19). The van der Waals surface area contributed by atoms with Gasteiger partial charge in [0.2, 0.25) is 0 Å². The smallest absolute Gasteiger partial charge is 0.137 e. The molecule has 1 aromatic heterocycles. The minimum Gasteiger partial charge on any atom is -0.399 e. The average Bonchev–Trinajstić information content (AvgIpc) is 2.49. The van der Waals surface area contributed by atoms with E-state index in [1.54, 1.807) is 6.33 Å². The third-order valence-corrected chi connectivity index (χ3v) is 5.15. The second-order valence-electron chi connectivity index (χ2n) is 5.35. The molecule has 0 radical (unpaired) electrons. The van der Waals surface area contributed by atoms with E-state index in [4.69, 9.17) is 5.73 Å². The fourth-order valence-electron chi connectivity index (χ4n) is 2.83. The molecular formula is C15H20N4S. The second-order valence-corrected chi connectivity index (χ2v) is 6.49. The number of nitrogen functional groups attached to an aromatic ring is 1. The molecule has 0 atom stereocenters. The number of hydrogen-bond acceptors (Lipinski definition) is 5. The molecule has 106 valence electrons. The van der Waals surface area contributed by atoms with Gasteiger partial charge in [0.05, 0.1) is 5.52 Å². The van der Waals surface area contributed by atoms with Crippen LogP contribution >= 0.6 is 11.8 Å². The molecule has 2 aromatic rings. The average molecular weight is 288 g/mol. The normalized spacial score (nSPS) is 22.9. The summed E-state index contributed by atoms with van der Waals surface area (Å²) < 4.78 is 0. The quantitative estimate of drug-likeness (QED) is 0.848. The van der Waals surface area contributed by atoms with Gasteiger partial charge < -0.3 is 11.1 Å². The molecule has 0 spiro atoms. The number of hydrogen-bond donors (Lipinski definition) is 2. The Morgan fingerprint density at radius 2 is 2.00 bits per heavy atom. The first kappa shape index (κ1) is 13.5. The van der Waals surface area contributed by atoms with Crippen LogP contribution in [0, 0.1) is 0 Å². The van der Waals surface area contributed by atoms with Gasteiger partial charge in [0, 0.05) is 22.4 Å². The molecule has 5 heteroatoms. The monoisotopic (exact) mass is 288 g/mol. The predicted octanol–water partition coefficient (Wildman–Crippen LogP) is 3.30. The van der Waals surface area contributed by atoms with Crippen molar-refractivity contribution < 1.29 is 0 Å². The van der Waals surface area contributed by atoms with Crippen molar-refractivity contribution in [2.24, 2.45) is 0 Å². The number of rotatable bonds is 3. The fraction of sp³-hybridized carbons (Fsp3) is 0.467. The van der Waals surface area contributed by atoms with Gasteiger partial charge in [-0.3, -0.25) is 0 Å². The van der Waals surface area contributed by atoms with Gasteiger partial charge in [0.1, 0.15) is 12.1 Å². The summed E-state index contributed by atoms with van der Waals surface area (Å²) in [5.74, 6) is 0.912. The molecule has 1 aromatic carbocycles. The molecule has 0 saturated heterocycles. The van der Waals surface area contributed by atoms with Crippen molar-refractivity contribution in [3.63, 3.8) is 0 Å². The summed E-state index contributed by atoms with van der Waals surface area (Å²) in [5, 5.41) is 5.42. The van der Waals surface area contributed by atoms with Crippen LogP contribution in [0.2, 0.25) is 0 Å². The summed E-state index contributed by atoms with van der Waals surface area (Å²) in [6.07, 6.45) is 8.81. The number of benzene rings is 1. The molecule has 3 N–H and O–H groups in total. The Morgan fingerprint density at radius 3 is 2.75 bits per heavy atom. The van der Waals surface area contributed by atoms with Crippen molar-refractivity contribution in [3.05, 3.63) is 24.5 Å². The SMILES string of the molecule is CSC1CCC(Nc2ncnc3ccc(N)cc23)CC1. The zero-order chi connectivity index (χ0) is 13.9. The number of nitrogens with zero attached hydrogens (tertiary/aromatic N) is 2. The summed E-state index contributed by atoms with van der Waals surface area (Å²) >= 11 is 1.99. The topological polar surface area (TPSA) is 63.8 Å². The van der Waals surface area contributed by atoms with E-state index in [9.17, 15) is 0 Å². The van der Waals surface area contributed by atoms with Gasteiger partial charge >= 0.3 is 0 Å². The minimum atomic E-state index is 0.512. The highest BCUT2D eigenvalue weighted by atomic mass is 32.2. The van der Waals surface area contributed by atoms with Gasteiger partial charge in [-0.2, -0.15) is 11.8 Å². The van der Waals surface area contributed by atoms with Crippen molar-refractivity contribution in [2.75, 3.05) is 17.3 Å². The van der Waals surface area contributed by atoms with Crippen LogP contribution in [0.25, 0.3) is 10.9 Å². The van der Waals surface area contributed by atoms with Gasteiger partial charge in [-0.15, -0.1) is 0 Å². The molecular weight excluding hydrogens is 268 g/mol. The Bertz CT molecular complexity index is 593. The molecule has 1 saturated carbocycles. The third-order valence-electron chi connectivity index (χ3n) is 4.01. The van der Waals surface area contributed by atoms with E-state index < -0.39 is 0 Å². The molecule has 0 aliphatic heterocycles. The second kappa shape index (κ2) is 5.87. The molecule has 1 aliphatic carbocycles. The molecule has 0 amide bonds. The maximum absolute atomic E-state index is 5.88. The van der Waals surface area contributed by atoms with E-state index in [2.05, 4.69) is 21.5 Å². The van der Waals surface area contributed by atoms with Crippen LogP contribution in [0.4, 0.5) is 11.5 Å². The number of nitrogens with two attached hydrogens (primary N) is 1. The van der Waals surface area contributed by atoms with E-state index in [0.29, 0.717) is 6.04 Å². The first-order valence-electron chi connectivity index (χ1n) is 7.06. The minimum absolute atomic E-state index is 0.512. The van der Waals surface area contributed by atoms with Crippen LogP contribution in [0.1, 0.15) is 25.7 Å². The highest BCUT2D eigenvalue weighted by Crippen LogP contribution is 2.30. The van der Waals surface area contributed by atoms with Gasteiger partial charge in [-0.1, -0.05) is 0 Å². The Balaban J connectivity index is 1.79. The fourth-order valence-corrected chi connectivity index (χ4v) is 3.57. The lowest BCUT2D eigenvalue weighted by atomic mass is 9.95. The Kier molecular flexibility index (Phi) is 3.96. The molecule has 1 aliphatic rings. The van der Waals surface area contributed by atoms with Crippen molar-refractivity contribution in [1.82, 2.24) is 9.97 Å². The molecule has 1 fully saturated rings. The molecule has 0 bridgehead atoms. The molecule has 3 rings (SSSR count). The van der Waals surface area contributed by atoms with E-state index in [0.717, 1.165) is 27.7 Å². The van der Waals surface area contributed by atoms with Crippen LogP contribution < -0.4 is 11.1 Å². The molecule has 0 unspecified atom stereocenters. The summed E-state index contributed by atoms with van der Waals surface area (Å²) in [4.78, 5) is 8.69. The van der Waals surface area contributed by atoms with Crippen LogP contribution in [0.5, 0.6) is 0 Å². The highest BCUT2D eigenvalue weighted by molar-refractivity contribution is 7.99. The van der Waals surface area contributed by atoms with Gasteiger partial charge in [-0.25, -0.2) is 9.97 Å². The Labute approximate surface area is 123 Å². The Hall–Kier alpha value is -1.49. The van der Waals surface area contributed by atoms with Crippen molar-refractivity contribution >= 4 is 34.2 Å². The summed E-state index contributed by atoms with van der Waals surface area (Å²) in [7, 11) is 0. The van der Waals surface area contributed by atoms with Crippen LogP contribution in [-0.2, 0) is 0 Å². The van der Waals surface area contributed by atoms with E-state index in [1.807, 2.05) is 30.0 Å².